The number of aromatic amines is 1. The second-order valence-corrected chi connectivity index (χ2v) is 6.98. The van der Waals surface area contributed by atoms with Gasteiger partial charge in [0.1, 0.15) is 0 Å². The summed E-state index contributed by atoms with van der Waals surface area (Å²) < 4.78 is 7.55. The molecule has 0 saturated heterocycles. The first kappa shape index (κ1) is 16.8. The van der Waals surface area contributed by atoms with E-state index < -0.39 is 0 Å². The van der Waals surface area contributed by atoms with Gasteiger partial charge in [0.2, 0.25) is 5.88 Å². The van der Waals surface area contributed by atoms with Gasteiger partial charge in [-0.25, -0.2) is 0 Å². The first-order valence-electron chi connectivity index (χ1n) is 9.10. The van der Waals surface area contributed by atoms with Gasteiger partial charge >= 0.3 is 0 Å². The Morgan fingerprint density at radius 1 is 1.27 bits per heavy atom. The quantitative estimate of drug-likeness (QED) is 0.740. The minimum atomic E-state index is 0.159. The predicted molar refractivity (Wildman–Crippen MR) is 102 cm³/mol. The summed E-state index contributed by atoms with van der Waals surface area (Å²) in [7, 11) is 0. The van der Waals surface area contributed by atoms with Crippen LogP contribution in [0.4, 0.5) is 0 Å². The molecule has 4 rings (SSSR count). The summed E-state index contributed by atoms with van der Waals surface area (Å²) in [5.41, 5.74) is 5.04. The third-order valence-electron chi connectivity index (χ3n) is 4.87. The SMILES string of the molecule is CC(C)n1c(O)c(C2=NCCOC2)c2cc(CCc3ccn[nH]3)ccc21. The molecule has 136 valence electrons. The van der Waals surface area contributed by atoms with Crippen LogP contribution in [0, 0.1) is 0 Å². The van der Waals surface area contributed by atoms with Gasteiger partial charge in [-0.15, -0.1) is 0 Å². The average Bonchev–Trinajstić information content (AvgIpc) is 3.25. The summed E-state index contributed by atoms with van der Waals surface area (Å²) in [5.74, 6) is 0.282. The fraction of sp³-hybridized carbons (Fsp3) is 0.400. The van der Waals surface area contributed by atoms with E-state index >= 15 is 0 Å². The van der Waals surface area contributed by atoms with Gasteiger partial charge < -0.3 is 14.4 Å². The fourth-order valence-corrected chi connectivity index (χ4v) is 3.63. The van der Waals surface area contributed by atoms with Crippen LogP contribution in [0.15, 0.2) is 35.5 Å². The lowest BCUT2D eigenvalue weighted by atomic mass is 10.0. The molecule has 0 amide bonds. The van der Waals surface area contributed by atoms with Gasteiger partial charge in [0, 0.05) is 23.3 Å². The Balaban J connectivity index is 1.78. The topological polar surface area (TPSA) is 75.4 Å². The summed E-state index contributed by atoms with van der Waals surface area (Å²) in [6, 6.07) is 8.58. The lowest BCUT2D eigenvalue weighted by Gasteiger charge is -2.14. The number of nitrogens with one attached hydrogen (secondary N) is 1. The molecule has 6 heteroatoms. The molecule has 3 aromatic rings. The van der Waals surface area contributed by atoms with Gasteiger partial charge in [0.25, 0.3) is 0 Å². The molecule has 1 aliphatic heterocycles. The summed E-state index contributed by atoms with van der Waals surface area (Å²) in [6.45, 7) is 5.89. The number of benzene rings is 1. The normalized spacial score (nSPS) is 15.0. The molecule has 6 nitrogen and oxygen atoms in total. The van der Waals surface area contributed by atoms with E-state index in [0.717, 1.165) is 40.7 Å². The van der Waals surface area contributed by atoms with Crippen LogP contribution >= 0.6 is 0 Å². The molecule has 0 saturated carbocycles. The van der Waals surface area contributed by atoms with Crippen LogP contribution in [0.2, 0.25) is 0 Å². The summed E-state index contributed by atoms with van der Waals surface area (Å²) in [4.78, 5) is 4.60. The average molecular weight is 352 g/mol. The van der Waals surface area contributed by atoms with Crippen molar-refractivity contribution >= 4 is 16.6 Å². The first-order chi connectivity index (χ1) is 12.6. The largest absolute Gasteiger partial charge is 0.494 e. The van der Waals surface area contributed by atoms with Crippen LogP contribution in [-0.4, -0.2) is 45.3 Å². The van der Waals surface area contributed by atoms with E-state index in [2.05, 4.69) is 47.2 Å². The molecule has 0 spiro atoms. The molecule has 3 heterocycles. The highest BCUT2D eigenvalue weighted by atomic mass is 16.5. The molecule has 0 aliphatic carbocycles. The maximum Gasteiger partial charge on any atom is 0.201 e. The van der Waals surface area contributed by atoms with Crippen molar-refractivity contribution in [2.24, 2.45) is 4.99 Å². The zero-order valence-corrected chi connectivity index (χ0v) is 15.2. The standard InChI is InChI=1S/C20H24N4O2/c1-13(2)24-18-6-4-14(3-5-15-7-8-22-23-15)11-16(18)19(20(24)25)17-12-26-10-9-21-17/h4,6-8,11,13,25H,3,5,9-10,12H2,1-2H3,(H,22,23). The minimum absolute atomic E-state index is 0.159. The van der Waals surface area contributed by atoms with Crippen molar-refractivity contribution in [2.45, 2.75) is 32.7 Å². The van der Waals surface area contributed by atoms with Crippen LogP contribution in [0.25, 0.3) is 10.9 Å². The molecule has 0 bridgehead atoms. The van der Waals surface area contributed by atoms with Crippen LogP contribution < -0.4 is 0 Å². The molecule has 2 aromatic heterocycles. The number of hydrogen-bond acceptors (Lipinski definition) is 4. The van der Waals surface area contributed by atoms with Crippen molar-refractivity contribution in [2.75, 3.05) is 19.8 Å². The van der Waals surface area contributed by atoms with Gasteiger partial charge in [0.05, 0.1) is 36.6 Å². The zero-order valence-electron chi connectivity index (χ0n) is 15.2. The van der Waals surface area contributed by atoms with Gasteiger partial charge in [-0.05, 0) is 50.5 Å². The fourth-order valence-electron chi connectivity index (χ4n) is 3.63. The maximum absolute atomic E-state index is 10.9. The Labute approximate surface area is 152 Å². The number of fused-ring (bicyclic) bond motifs is 1. The number of nitrogens with zero attached hydrogens (tertiary/aromatic N) is 3. The Morgan fingerprint density at radius 3 is 2.85 bits per heavy atom. The smallest absolute Gasteiger partial charge is 0.201 e. The highest BCUT2D eigenvalue weighted by molar-refractivity contribution is 6.14. The van der Waals surface area contributed by atoms with Crippen molar-refractivity contribution in [3.05, 3.63) is 47.3 Å². The molecule has 0 atom stereocenters. The molecule has 2 N–H and O–H groups in total. The van der Waals surface area contributed by atoms with E-state index in [4.69, 9.17) is 4.74 Å². The maximum atomic E-state index is 10.9. The van der Waals surface area contributed by atoms with Gasteiger partial charge in [0.15, 0.2) is 0 Å². The number of aromatic hydroxyl groups is 1. The van der Waals surface area contributed by atoms with Crippen molar-refractivity contribution in [3.8, 4) is 5.88 Å². The van der Waals surface area contributed by atoms with Crippen molar-refractivity contribution < 1.29 is 9.84 Å². The molecule has 1 aromatic carbocycles. The van der Waals surface area contributed by atoms with E-state index in [1.54, 1.807) is 6.20 Å². The summed E-state index contributed by atoms with van der Waals surface area (Å²) in [6.07, 6.45) is 3.59. The van der Waals surface area contributed by atoms with Crippen LogP contribution in [0.1, 0.15) is 36.7 Å². The Kier molecular flexibility index (Phi) is 4.51. The van der Waals surface area contributed by atoms with Gasteiger partial charge in [-0.1, -0.05) is 6.07 Å². The highest BCUT2D eigenvalue weighted by Crippen LogP contribution is 2.36. The molecule has 26 heavy (non-hydrogen) atoms. The molecule has 1 aliphatic rings. The van der Waals surface area contributed by atoms with Crippen LogP contribution in [0.3, 0.4) is 0 Å². The zero-order chi connectivity index (χ0) is 18.1. The van der Waals surface area contributed by atoms with E-state index in [0.29, 0.717) is 19.8 Å². The monoisotopic (exact) mass is 352 g/mol. The lowest BCUT2D eigenvalue weighted by Crippen LogP contribution is -2.18. The number of aryl methyl sites for hydroxylation is 2. The minimum Gasteiger partial charge on any atom is -0.494 e. The van der Waals surface area contributed by atoms with Crippen molar-refractivity contribution in [3.63, 3.8) is 0 Å². The third-order valence-corrected chi connectivity index (χ3v) is 4.87. The second kappa shape index (κ2) is 6.96. The van der Waals surface area contributed by atoms with Crippen molar-refractivity contribution in [1.29, 1.82) is 0 Å². The lowest BCUT2D eigenvalue weighted by molar-refractivity contribution is 0.171. The number of rotatable bonds is 5. The van der Waals surface area contributed by atoms with E-state index in [-0.39, 0.29) is 11.9 Å². The first-order valence-corrected chi connectivity index (χ1v) is 9.10. The summed E-state index contributed by atoms with van der Waals surface area (Å²) in [5, 5.41) is 19.0. The Hall–Kier alpha value is -2.60. The Bertz CT molecular complexity index is 939. The number of H-pyrrole nitrogens is 1. The van der Waals surface area contributed by atoms with E-state index in [9.17, 15) is 5.11 Å². The van der Waals surface area contributed by atoms with Gasteiger partial charge in [-0.2, -0.15) is 5.10 Å². The molecule has 0 radical (unpaired) electrons. The number of hydrogen-bond donors (Lipinski definition) is 2. The van der Waals surface area contributed by atoms with Crippen LogP contribution in [0.5, 0.6) is 5.88 Å². The molecular weight excluding hydrogens is 328 g/mol. The molecule has 0 fully saturated rings. The van der Waals surface area contributed by atoms with E-state index in [1.807, 2.05) is 10.6 Å². The Morgan fingerprint density at radius 2 is 2.15 bits per heavy atom. The van der Waals surface area contributed by atoms with Gasteiger partial charge in [-0.3, -0.25) is 10.1 Å². The third kappa shape index (κ3) is 3.01. The van der Waals surface area contributed by atoms with Crippen LogP contribution in [-0.2, 0) is 17.6 Å². The summed E-state index contributed by atoms with van der Waals surface area (Å²) >= 11 is 0. The molecular formula is C20H24N4O2. The molecule has 0 unspecified atom stereocenters. The van der Waals surface area contributed by atoms with E-state index in [1.165, 1.54) is 5.56 Å². The highest BCUT2D eigenvalue weighted by Gasteiger charge is 2.23. The second-order valence-electron chi connectivity index (χ2n) is 6.98. The predicted octanol–water partition coefficient (Wildman–Crippen LogP) is 3.26. The number of aromatic nitrogens is 3. The van der Waals surface area contributed by atoms with Crippen molar-refractivity contribution in [1.82, 2.24) is 14.8 Å². The number of ether oxygens (including phenoxy) is 1. The number of aliphatic imine (C=N–C) groups is 1.